The van der Waals surface area contributed by atoms with Gasteiger partial charge in [0.25, 0.3) is 5.91 Å². The molecular weight excluding hydrogens is 236 g/mol. The summed E-state index contributed by atoms with van der Waals surface area (Å²) in [5, 5.41) is 5.11. The minimum atomic E-state index is -0.552. The molecule has 0 fully saturated rings. The highest BCUT2D eigenvalue weighted by molar-refractivity contribution is 7.09. The van der Waals surface area contributed by atoms with Gasteiger partial charge in [-0.2, -0.15) is 0 Å². The summed E-state index contributed by atoms with van der Waals surface area (Å²) in [5.74, 6) is 0.0328. The number of hydrogen-bond donors (Lipinski definition) is 3. The molecule has 0 spiro atoms. The highest BCUT2D eigenvalue weighted by atomic mass is 32.1. The highest BCUT2D eigenvalue weighted by Gasteiger charge is 2.07. The summed E-state index contributed by atoms with van der Waals surface area (Å²) < 4.78 is 0. The second kappa shape index (κ2) is 4.84. The summed E-state index contributed by atoms with van der Waals surface area (Å²) in [7, 11) is 0. The number of primary amides is 1. The lowest BCUT2D eigenvalue weighted by Crippen LogP contribution is -2.14. The minimum Gasteiger partial charge on any atom is -0.397 e. The Kier molecular flexibility index (Phi) is 3.24. The lowest BCUT2D eigenvalue weighted by atomic mass is 10.2. The Morgan fingerprint density at radius 1 is 1.53 bits per heavy atom. The van der Waals surface area contributed by atoms with Crippen molar-refractivity contribution in [2.45, 2.75) is 6.54 Å². The molecule has 1 amide bonds. The van der Waals surface area contributed by atoms with E-state index in [0.29, 0.717) is 18.1 Å². The Bertz CT molecular complexity index is 524. The van der Waals surface area contributed by atoms with Crippen LogP contribution in [-0.2, 0) is 6.54 Å². The van der Waals surface area contributed by atoms with E-state index < -0.39 is 5.91 Å². The molecule has 0 bridgehead atoms. The van der Waals surface area contributed by atoms with Crippen molar-refractivity contribution in [3.63, 3.8) is 0 Å². The van der Waals surface area contributed by atoms with Crippen molar-refractivity contribution in [1.29, 1.82) is 0 Å². The maximum atomic E-state index is 11.1. The number of carbonyl (C=O) groups excluding carboxylic acids is 1. The molecule has 5 nitrogen and oxygen atoms in total. The van der Waals surface area contributed by atoms with E-state index in [2.05, 4.69) is 10.3 Å². The maximum Gasteiger partial charge on any atom is 0.250 e. The SMILES string of the molecule is NC(=O)c1cc(NCc2cccs2)ncc1N. The van der Waals surface area contributed by atoms with Crippen LogP contribution in [0.3, 0.4) is 0 Å². The molecule has 0 aliphatic rings. The van der Waals surface area contributed by atoms with Crippen LogP contribution < -0.4 is 16.8 Å². The molecule has 0 aliphatic carbocycles. The molecule has 88 valence electrons. The number of carbonyl (C=O) groups is 1. The zero-order valence-corrected chi connectivity index (χ0v) is 9.83. The number of nitrogens with two attached hydrogens (primary N) is 2. The maximum absolute atomic E-state index is 11.1. The van der Waals surface area contributed by atoms with Crippen molar-refractivity contribution >= 4 is 28.7 Å². The van der Waals surface area contributed by atoms with E-state index in [0.717, 1.165) is 0 Å². The molecule has 0 aliphatic heterocycles. The van der Waals surface area contributed by atoms with Gasteiger partial charge in [0.15, 0.2) is 0 Å². The molecule has 0 aromatic carbocycles. The number of nitrogens with one attached hydrogen (secondary N) is 1. The molecule has 0 unspecified atom stereocenters. The zero-order valence-electron chi connectivity index (χ0n) is 9.01. The van der Waals surface area contributed by atoms with E-state index >= 15 is 0 Å². The van der Waals surface area contributed by atoms with Crippen LogP contribution in [0.4, 0.5) is 11.5 Å². The molecule has 17 heavy (non-hydrogen) atoms. The molecular formula is C11H12N4OS. The quantitative estimate of drug-likeness (QED) is 0.763. The number of pyridine rings is 1. The Labute approximate surface area is 102 Å². The molecule has 0 radical (unpaired) electrons. The minimum absolute atomic E-state index is 0.286. The van der Waals surface area contributed by atoms with Gasteiger partial charge in [0.1, 0.15) is 5.82 Å². The summed E-state index contributed by atoms with van der Waals surface area (Å²) >= 11 is 1.65. The van der Waals surface area contributed by atoms with Gasteiger partial charge in [-0.3, -0.25) is 4.79 Å². The molecule has 2 aromatic rings. The first-order chi connectivity index (χ1) is 8.16. The summed E-state index contributed by atoms with van der Waals surface area (Å²) in [5.41, 5.74) is 11.4. The third-order valence-electron chi connectivity index (χ3n) is 2.22. The monoisotopic (exact) mass is 248 g/mol. The van der Waals surface area contributed by atoms with Gasteiger partial charge in [0, 0.05) is 4.88 Å². The fraction of sp³-hybridized carbons (Fsp3) is 0.0909. The Balaban J connectivity index is 2.11. The molecule has 2 rings (SSSR count). The van der Waals surface area contributed by atoms with Crippen molar-refractivity contribution in [1.82, 2.24) is 4.98 Å². The average molecular weight is 248 g/mol. The Morgan fingerprint density at radius 2 is 2.35 bits per heavy atom. The number of nitrogens with zero attached hydrogens (tertiary/aromatic N) is 1. The predicted octanol–water partition coefficient (Wildman–Crippen LogP) is 1.44. The second-order valence-corrected chi connectivity index (χ2v) is 4.49. The molecule has 0 saturated heterocycles. The number of rotatable bonds is 4. The Hall–Kier alpha value is -2.08. The first kappa shape index (κ1) is 11.4. The second-order valence-electron chi connectivity index (χ2n) is 3.45. The summed E-state index contributed by atoms with van der Waals surface area (Å²) in [6.45, 7) is 0.660. The van der Waals surface area contributed by atoms with Crippen LogP contribution in [0.15, 0.2) is 29.8 Å². The van der Waals surface area contributed by atoms with E-state index in [-0.39, 0.29) is 5.56 Å². The number of nitrogen functional groups attached to an aromatic ring is 1. The molecule has 2 aromatic heterocycles. The lowest BCUT2D eigenvalue weighted by molar-refractivity contribution is 0.100. The van der Waals surface area contributed by atoms with Gasteiger partial charge in [-0.1, -0.05) is 6.07 Å². The molecule has 5 N–H and O–H groups in total. The predicted molar refractivity (Wildman–Crippen MR) is 68.8 cm³/mol. The van der Waals surface area contributed by atoms with Gasteiger partial charge in [0.2, 0.25) is 0 Å². The molecule has 2 heterocycles. The summed E-state index contributed by atoms with van der Waals surface area (Å²) in [6, 6.07) is 5.56. The third-order valence-corrected chi connectivity index (χ3v) is 3.10. The summed E-state index contributed by atoms with van der Waals surface area (Å²) in [6.07, 6.45) is 1.43. The van der Waals surface area contributed by atoms with E-state index in [1.807, 2.05) is 17.5 Å². The van der Waals surface area contributed by atoms with Crippen LogP contribution in [0.1, 0.15) is 15.2 Å². The number of thiophene rings is 1. The molecule has 6 heteroatoms. The number of amides is 1. The number of anilines is 2. The van der Waals surface area contributed by atoms with Gasteiger partial charge in [-0.15, -0.1) is 11.3 Å². The van der Waals surface area contributed by atoms with Crippen LogP contribution in [0.5, 0.6) is 0 Å². The van der Waals surface area contributed by atoms with Gasteiger partial charge in [-0.05, 0) is 17.5 Å². The van der Waals surface area contributed by atoms with Gasteiger partial charge >= 0.3 is 0 Å². The van der Waals surface area contributed by atoms with Crippen molar-refractivity contribution < 1.29 is 4.79 Å². The normalized spacial score (nSPS) is 10.1. The van der Waals surface area contributed by atoms with Crippen LogP contribution in [0.25, 0.3) is 0 Å². The van der Waals surface area contributed by atoms with E-state index in [4.69, 9.17) is 11.5 Å². The topological polar surface area (TPSA) is 94.0 Å². The molecule has 0 saturated carbocycles. The van der Waals surface area contributed by atoms with Crippen LogP contribution in [0, 0.1) is 0 Å². The van der Waals surface area contributed by atoms with E-state index in [1.54, 1.807) is 17.4 Å². The van der Waals surface area contributed by atoms with Crippen molar-refractivity contribution in [2.75, 3.05) is 11.1 Å². The average Bonchev–Trinajstić information content (AvgIpc) is 2.80. The Morgan fingerprint density at radius 3 is 3.00 bits per heavy atom. The van der Waals surface area contributed by atoms with Gasteiger partial charge in [-0.25, -0.2) is 4.98 Å². The van der Waals surface area contributed by atoms with Crippen LogP contribution in [0.2, 0.25) is 0 Å². The number of aromatic nitrogens is 1. The fourth-order valence-corrected chi connectivity index (χ4v) is 2.01. The van der Waals surface area contributed by atoms with Gasteiger partial charge in [0.05, 0.1) is 24.0 Å². The van der Waals surface area contributed by atoms with Crippen LogP contribution in [-0.4, -0.2) is 10.9 Å². The first-order valence-electron chi connectivity index (χ1n) is 4.98. The standard InChI is InChI=1S/C11H12N4OS/c12-9-6-15-10(4-8(9)11(13)16)14-5-7-2-1-3-17-7/h1-4,6H,5,12H2,(H2,13,16)(H,14,15). The van der Waals surface area contributed by atoms with Crippen molar-refractivity contribution in [3.8, 4) is 0 Å². The van der Waals surface area contributed by atoms with Gasteiger partial charge < -0.3 is 16.8 Å². The lowest BCUT2D eigenvalue weighted by Gasteiger charge is -2.06. The first-order valence-corrected chi connectivity index (χ1v) is 5.86. The van der Waals surface area contributed by atoms with Crippen LogP contribution >= 0.6 is 11.3 Å². The van der Waals surface area contributed by atoms with E-state index in [9.17, 15) is 4.79 Å². The van der Waals surface area contributed by atoms with Crippen molar-refractivity contribution in [3.05, 3.63) is 40.2 Å². The zero-order chi connectivity index (χ0) is 12.3. The highest BCUT2D eigenvalue weighted by Crippen LogP contribution is 2.16. The fourth-order valence-electron chi connectivity index (χ4n) is 1.37. The summed E-state index contributed by atoms with van der Waals surface area (Å²) in [4.78, 5) is 16.4. The smallest absolute Gasteiger partial charge is 0.250 e. The number of hydrogen-bond acceptors (Lipinski definition) is 5. The third kappa shape index (κ3) is 2.73. The largest absolute Gasteiger partial charge is 0.397 e. The van der Waals surface area contributed by atoms with E-state index in [1.165, 1.54) is 11.1 Å². The molecule has 0 atom stereocenters. The van der Waals surface area contributed by atoms with Crippen molar-refractivity contribution in [2.24, 2.45) is 5.73 Å².